The molecule has 1 heterocycles. The molecule has 0 aliphatic heterocycles. The van der Waals surface area contributed by atoms with Gasteiger partial charge in [-0.15, -0.1) is 22.9 Å². The van der Waals surface area contributed by atoms with Crippen LogP contribution in [-0.2, 0) is 0 Å². The van der Waals surface area contributed by atoms with E-state index < -0.39 is 6.10 Å². The van der Waals surface area contributed by atoms with Gasteiger partial charge in [-0.1, -0.05) is 0 Å². The Hall–Kier alpha value is 0.430. The molecule has 1 N–H and O–H groups in total. The van der Waals surface area contributed by atoms with Crippen LogP contribution < -0.4 is 0 Å². The Morgan fingerprint density at radius 3 is 2.90 bits per heavy atom. The van der Waals surface area contributed by atoms with Crippen molar-refractivity contribution in [3.8, 4) is 0 Å². The van der Waals surface area contributed by atoms with E-state index in [2.05, 4.69) is 15.9 Å². The number of aliphatic hydroxyl groups is 1. The molecular weight excluding hydrogens is 235 g/mol. The molecule has 1 unspecified atom stereocenters. The van der Waals surface area contributed by atoms with Crippen LogP contribution in [0.15, 0.2) is 15.9 Å². The SMILES string of the molecule is OC(CCl)c1cc(Br)cs1. The molecule has 0 bridgehead atoms. The Morgan fingerprint density at radius 1 is 1.80 bits per heavy atom. The zero-order valence-electron chi connectivity index (χ0n) is 5.05. The minimum absolute atomic E-state index is 0.257. The second-order valence-corrected chi connectivity index (χ2v) is 4.00. The third-order valence-electron chi connectivity index (χ3n) is 1.06. The number of hydrogen-bond donors (Lipinski definition) is 1. The van der Waals surface area contributed by atoms with Crippen LogP contribution in [0.2, 0.25) is 0 Å². The normalized spacial score (nSPS) is 13.5. The van der Waals surface area contributed by atoms with Gasteiger partial charge in [-0.25, -0.2) is 0 Å². The maximum atomic E-state index is 9.20. The molecule has 1 aromatic rings. The molecule has 0 aliphatic rings. The molecule has 0 amide bonds. The topological polar surface area (TPSA) is 20.2 Å². The summed E-state index contributed by atoms with van der Waals surface area (Å²) in [6.07, 6.45) is -0.516. The van der Waals surface area contributed by atoms with E-state index in [1.54, 1.807) is 0 Å². The van der Waals surface area contributed by atoms with Crippen molar-refractivity contribution in [3.63, 3.8) is 0 Å². The Bertz CT molecular complexity index is 213. The van der Waals surface area contributed by atoms with Gasteiger partial charge in [-0.2, -0.15) is 0 Å². The highest BCUT2D eigenvalue weighted by Gasteiger charge is 2.07. The summed E-state index contributed by atoms with van der Waals surface area (Å²) in [5.41, 5.74) is 0. The Labute approximate surface area is 76.8 Å². The molecule has 0 spiro atoms. The number of alkyl halides is 1. The lowest BCUT2D eigenvalue weighted by Gasteiger charge is -2.00. The Balaban J connectivity index is 2.74. The fourth-order valence-electron chi connectivity index (χ4n) is 0.579. The molecule has 1 rings (SSSR count). The fourth-order valence-corrected chi connectivity index (χ4v) is 2.27. The third kappa shape index (κ3) is 1.95. The molecular formula is C6H6BrClOS. The van der Waals surface area contributed by atoms with Gasteiger partial charge in [0.2, 0.25) is 0 Å². The van der Waals surface area contributed by atoms with Crippen LogP contribution >= 0.6 is 38.9 Å². The van der Waals surface area contributed by atoms with E-state index in [1.165, 1.54) is 11.3 Å². The summed E-state index contributed by atoms with van der Waals surface area (Å²) < 4.78 is 0.997. The van der Waals surface area contributed by atoms with E-state index in [9.17, 15) is 5.11 Å². The van der Waals surface area contributed by atoms with Gasteiger partial charge >= 0.3 is 0 Å². The van der Waals surface area contributed by atoms with Gasteiger partial charge in [-0.3, -0.25) is 0 Å². The molecule has 0 radical (unpaired) electrons. The standard InChI is InChI=1S/C6H6BrClOS/c7-4-1-6(10-3-4)5(9)2-8/h1,3,5,9H,2H2. The number of aliphatic hydroxyl groups excluding tert-OH is 1. The van der Waals surface area contributed by atoms with E-state index in [4.69, 9.17) is 11.6 Å². The smallest absolute Gasteiger partial charge is 0.102 e. The summed E-state index contributed by atoms with van der Waals surface area (Å²) in [5.74, 6) is 0.257. The van der Waals surface area contributed by atoms with E-state index in [-0.39, 0.29) is 5.88 Å². The highest BCUT2D eigenvalue weighted by molar-refractivity contribution is 9.10. The zero-order chi connectivity index (χ0) is 7.56. The van der Waals surface area contributed by atoms with Crippen molar-refractivity contribution in [2.45, 2.75) is 6.10 Å². The molecule has 1 atom stereocenters. The molecule has 4 heteroatoms. The predicted molar refractivity (Wildman–Crippen MR) is 47.7 cm³/mol. The van der Waals surface area contributed by atoms with Gasteiger partial charge in [0.1, 0.15) is 6.10 Å². The van der Waals surface area contributed by atoms with Crippen molar-refractivity contribution in [1.82, 2.24) is 0 Å². The summed E-state index contributed by atoms with van der Waals surface area (Å²) in [6.45, 7) is 0. The van der Waals surface area contributed by atoms with E-state index in [0.717, 1.165) is 9.35 Å². The molecule has 0 aromatic carbocycles. The lowest BCUT2D eigenvalue weighted by atomic mass is 10.3. The number of rotatable bonds is 2. The average molecular weight is 242 g/mol. The molecule has 0 saturated heterocycles. The van der Waals surface area contributed by atoms with E-state index in [1.807, 2.05) is 11.4 Å². The van der Waals surface area contributed by atoms with Crippen LogP contribution in [0.1, 0.15) is 11.0 Å². The summed E-state index contributed by atoms with van der Waals surface area (Å²) in [7, 11) is 0. The minimum Gasteiger partial charge on any atom is -0.386 e. The second kappa shape index (κ2) is 3.72. The van der Waals surface area contributed by atoms with Gasteiger partial charge in [0.05, 0.1) is 5.88 Å². The summed E-state index contributed by atoms with van der Waals surface area (Å²) in [4.78, 5) is 0.905. The first kappa shape index (κ1) is 8.53. The molecule has 0 aliphatic carbocycles. The highest BCUT2D eigenvalue weighted by Crippen LogP contribution is 2.25. The molecule has 10 heavy (non-hydrogen) atoms. The second-order valence-electron chi connectivity index (χ2n) is 1.84. The largest absolute Gasteiger partial charge is 0.386 e. The zero-order valence-corrected chi connectivity index (χ0v) is 8.21. The van der Waals surface area contributed by atoms with Crippen molar-refractivity contribution < 1.29 is 5.11 Å². The number of halogens is 2. The lowest BCUT2D eigenvalue weighted by molar-refractivity contribution is 0.206. The average Bonchev–Trinajstić information content (AvgIpc) is 2.34. The van der Waals surface area contributed by atoms with Crippen LogP contribution in [0.4, 0.5) is 0 Å². The molecule has 1 nitrogen and oxygen atoms in total. The third-order valence-corrected chi connectivity index (χ3v) is 3.15. The Kier molecular flexibility index (Phi) is 3.17. The first-order valence-electron chi connectivity index (χ1n) is 2.72. The first-order valence-corrected chi connectivity index (χ1v) is 4.92. The maximum absolute atomic E-state index is 9.20. The number of thiophene rings is 1. The van der Waals surface area contributed by atoms with Gasteiger partial charge < -0.3 is 5.11 Å². The van der Waals surface area contributed by atoms with Crippen LogP contribution in [-0.4, -0.2) is 11.0 Å². The van der Waals surface area contributed by atoms with E-state index >= 15 is 0 Å². The maximum Gasteiger partial charge on any atom is 0.102 e. The highest BCUT2D eigenvalue weighted by atomic mass is 79.9. The number of hydrogen-bond acceptors (Lipinski definition) is 2. The molecule has 56 valence electrons. The Morgan fingerprint density at radius 2 is 2.50 bits per heavy atom. The van der Waals surface area contributed by atoms with Crippen LogP contribution in [0, 0.1) is 0 Å². The quantitative estimate of drug-likeness (QED) is 0.790. The van der Waals surface area contributed by atoms with Crippen molar-refractivity contribution in [3.05, 3.63) is 20.8 Å². The van der Waals surface area contributed by atoms with E-state index in [0.29, 0.717) is 0 Å². The fraction of sp³-hybridized carbons (Fsp3) is 0.333. The minimum atomic E-state index is -0.516. The molecule has 0 fully saturated rings. The van der Waals surface area contributed by atoms with Gasteiger partial charge in [0, 0.05) is 14.7 Å². The van der Waals surface area contributed by atoms with Crippen molar-refractivity contribution in [1.29, 1.82) is 0 Å². The lowest BCUT2D eigenvalue weighted by Crippen LogP contribution is -1.93. The van der Waals surface area contributed by atoms with Crippen LogP contribution in [0.3, 0.4) is 0 Å². The van der Waals surface area contributed by atoms with Crippen molar-refractivity contribution in [2.75, 3.05) is 5.88 Å². The van der Waals surface area contributed by atoms with Crippen LogP contribution in [0.5, 0.6) is 0 Å². The van der Waals surface area contributed by atoms with Gasteiger partial charge in [0.15, 0.2) is 0 Å². The molecule has 1 aromatic heterocycles. The summed E-state index contributed by atoms with van der Waals surface area (Å²) >= 11 is 10.2. The summed E-state index contributed by atoms with van der Waals surface area (Å²) in [6, 6.07) is 1.87. The van der Waals surface area contributed by atoms with Crippen molar-refractivity contribution >= 4 is 38.9 Å². The monoisotopic (exact) mass is 240 g/mol. The van der Waals surface area contributed by atoms with Crippen molar-refractivity contribution in [2.24, 2.45) is 0 Å². The van der Waals surface area contributed by atoms with Crippen LogP contribution in [0.25, 0.3) is 0 Å². The summed E-state index contributed by atoms with van der Waals surface area (Å²) in [5, 5.41) is 11.1. The van der Waals surface area contributed by atoms with Gasteiger partial charge in [-0.05, 0) is 22.0 Å². The van der Waals surface area contributed by atoms with Gasteiger partial charge in [0.25, 0.3) is 0 Å². The predicted octanol–water partition coefficient (Wildman–Crippen LogP) is 2.78. The first-order chi connectivity index (χ1) is 4.74. The molecule has 0 saturated carbocycles.